The molecule has 14 heavy (non-hydrogen) atoms. The summed E-state index contributed by atoms with van der Waals surface area (Å²) in [7, 11) is 0. The fraction of sp³-hybridized carbons (Fsp3) is 0.143. The Balaban J connectivity index is 2.89. The van der Waals surface area contributed by atoms with Crippen LogP contribution in [0, 0.1) is 0 Å². The standard InChI is InChI=1S/C7H3ClF3NO2/c8-6(13)4-1-2-12-5(3-4)14-7(9,10)11/h1-3H. The molecule has 0 aliphatic rings. The first kappa shape index (κ1) is 10.8. The van der Waals surface area contributed by atoms with Crippen molar-refractivity contribution in [3.05, 3.63) is 23.9 Å². The summed E-state index contributed by atoms with van der Waals surface area (Å²) in [5.41, 5.74) is -0.110. The Morgan fingerprint density at radius 3 is 2.64 bits per heavy atom. The van der Waals surface area contributed by atoms with E-state index in [0.717, 1.165) is 12.3 Å². The highest BCUT2D eigenvalue weighted by Crippen LogP contribution is 2.21. The SMILES string of the molecule is O=C(Cl)c1ccnc(OC(F)(F)F)c1. The number of pyridine rings is 1. The molecule has 0 aliphatic heterocycles. The van der Waals surface area contributed by atoms with Crippen LogP contribution < -0.4 is 4.74 Å². The van der Waals surface area contributed by atoms with Gasteiger partial charge in [-0.1, -0.05) is 0 Å². The number of hydrogen-bond acceptors (Lipinski definition) is 3. The molecule has 76 valence electrons. The second-order valence-electron chi connectivity index (χ2n) is 2.20. The summed E-state index contributed by atoms with van der Waals surface area (Å²) < 4.78 is 38.6. The predicted octanol–water partition coefficient (Wildman–Crippen LogP) is 2.36. The quantitative estimate of drug-likeness (QED) is 0.726. The van der Waals surface area contributed by atoms with Crippen LogP contribution in [0.5, 0.6) is 5.88 Å². The zero-order chi connectivity index (χ0) is 10.8. The van der Waals surface area contributed by atoms with E-state index in [2.05, 4.69) is 9.72 Å². The van der Waals surface area contributed by atoms with Gasteiger partial charge in [0.05, 0.1) is 0 Å². The summed E-state index contributed by atoms with van der Waals surface area (Å²) in [4.78, 5) is 13.8. The lowest BCUT2D eigenvalue weighted by Crippen LogP contribution is -2.18. The number of halogens is 4. The zero-order valence-corrected chi connectivity index (χ0v) is 7.26. The van der Waals surface area contributed by atoms with E-state index >= 15 is 0 Å². The molecule has 3 nitrogen and oxygen atoms in total. The molecule has 1 aromatic heterocycles. The Morgan fingerprint density at radius 2 is 2.14 bits per heavy atom. The third kappa shape index (κ3) is 3.21. The molecule has 0 unspecified atom stereocenters. The maximum absolute atomic E-state index is 11.7. The molecule has 0 radical (unpaired) electrons. The maximum atomic E-state index is 11.7. The Bertz CT molecular complexity index is 353. The highest BCUT2D eigenvalue weighted by atomic mass is 35.5. The molecule has 1 heterocycles. The van der Waals surface area contributed by atoms with Gasteiger partial charge in [0.1, 0.15) is 0 Å². The Hall–Kier alpha value is -1.30. The second-order valence-corrected chi connectivity index (χ2v) is 2.55. The van der Waals surface area contributed by atoms with Crippen molar-refractivity contribution in [2.24, 2.45) is 0 Å². The van der Waals surface area contributed by atoms with Gasteiger partial charge in [-0.15, -0.1) is 13.2 Å². The van der Waals surface area contributed by atoms with Gasteiger partial charge in [-0.2, -0.15) is 0 Å². The molecule has 0 saturated carbocycles. The fourth-order valence-electron chi connectivity index (χ4n) is 0.706. The van der Waals surface area contributed by atoms with Gasteiger partial charge >= 0.3 is 6.36 Å². The normalized spacial score (nSPS) is 11.1. The first-order valence-electron chi connectivity index (χ1n) is 3.30. The first-order chi connectivity index (χ1) is 6.38. The maximum Gasteiger partial charge on any atom is 0.574 e. The van der Waals surface area contributed by atoms with Crippen LogP contribution in [0.2, 0.25) is 0 Å². The first-order valence-corrected chi connectivity index (χ1v) is 3.68. The van der Waals surface area contributed by atoms with E-state index < -0.39 is 17.5 Å². The molecule has 0 bridgehead atoms. The average Bonchev–Trinajstić information content (AvgIpc) is 2.01. The van der Waals surface area contributed by atoms with Crippen LogP contribution in [-0.4, -0.2) is 16.6 Å². The monoisotopic (exact) mass is 225 g/mol. The van der Waals surface area contributed by atoms with Gasteiger partial charge < -0.3 is 4.74 Å². The van der Waals surface area contributed by atoms with Gasteiger partial charge in [0, 0.05) is 17.8 Å². The van der Waals surface area contributed by atoms with Crippen molar-refractivity contribution >= 4 is 16.8 Å². The molecule has 0 fully saturated rings. The molecule has 7 heteroatoms. The largest absolute Gasteiger partial charge is 0.574 e. The Labute approximate surface area is 81.5 Å². The Morgan fingerprint density at radius 1 is 1.50 bits per heavy atom. The van der Waals surface area contributed by atoms with Crippen LogP contribution >= 0.6 is 11.6 Å². The van der Waals surface area contributed by atoms with E-state index in [4.69, 9.17) is 11.6 Å². The van der Waals surface area contributed by atoms with Gasteiger partial charge in [0.15, 0.2) is 0 Å². The molecule has 1 rings (SSSR count). The lowest BCUT2D eigenvalue weighted by molar-refractivity contribution is -0.276. The molecule has 0 spiro atoms. The smallest absolute Gasteiger partial charge is 0.388 e. The molecule has 0 N–H and O–H groups in total. The third-order valence-electron chi connectivity index (χ3n) is 1.18. The van der Waals surface area contributed by atoms with E-state index in [-0.39, 0.29) is 5.56 Å². The molecule has 0 amide bonds. The van der Waals surface area contributed by atoms with Crippen molar-refractivity contribution in [3.63, 3.8) is 0 Å². The number of alkyl halides is 3. The van der Waals surface area contributed by atoms with Crippen molar-refractivity contribution in [3.8, 4) is 5.88 Å². The lowest BCUT2D eigenvalue weighted by Gasteiger charge is -2.07. The van der Waals surface area contributed by atoms with Gasteiger partial charge in [0.2, 0.25) is 5.88 Å². The van der Waals surface area contributed by atoms with Crippen LogP contribution in [-0.2, 0) is 0 Å². The Kier molecular flexibility index (Phi) is 2.95. The summed E-state index contributed by atoms with van der Waals surface area (Å²) in [5, 5.41) is -0.876. The lowest BCUT2D eigenvalue weighted by atomic mass is 10.3. The van der Waals surface area contributed by atoms with Gasteiger partial charge in [-0.3, -0.25) is 4.79 Å². The topological polar surface area (TPSA) is 39.2 Å². The fourth-order valence-corrected chi connectivity index (χ4v) is 0.824. The van der Waals surface area contributed by atoms with Crippen LogP contribution in [0.25, 0.3) is 0 Å². The van der Waals surface area contributed by atoms with E-state index in [1.807, 2.05) is 0 Å². The van der Waals surface area contributed by atoms with Crippen molar-refractivity contribution in [1.29, 1.82) is 0 Å². The minimum atomic E-state index is -4.83. The summed E-state index contributed by atoms with van der Waals surface area (Å²) in [5.74, 6) is -0.719. The number of aromatic nitrogens is 1. The minimum absolute atomic E-state index is 0.110. The van der Waals surface area contributed by atoms with Crippen molar-refractivity contribution in [2.45, 2.75) is 6.36 Å². The van der Waals surface area contributed by atoms with Crippen LogP contribution in [0.1, 0.15) is 10.4 Å². The number of hydrogen-bond donors (Lipinski definition) is 0. The van der Waals surface area contributed by atoms with E-state index in [1.54, 1.807) is 0 Å². The number of carbonyl (C=O) groups excluding carboxylic acids is 1. The molecule has 1 aromatic rings. The molecular formula is C7H3ClF3NO2. The molecule has 0 saturated heterocycles. The molecule has 0 aliphatic carbocycles. The predicted molar refractivity (Wildman–Crippen MR) is 41.1 cm³/mol. The number of nitrogens with zero attached hydrogens (tertiary/aromatic N) is 1. The van der Waals surface area contributed by atoms with Crippen LogP contribution in [0.3, 0.4) is 0 Å². The van der Waals surface area contributed by atoms with Gasteiger partial charge in [-0.05, 0) is 17.7 Å². The summed E-state index contributed by atoms with van der Waals surface area (Å²) in [6.45, 7) is 0. The van der Waals surface area contributed by atoms with Gasteiger partial charge in [-0.25, -0.2) is 4.98 Å². The van der Waals surface area contributed by atoms with Crippen molar-refractivity contribution in [1.82, 2.24) is 4.98 Å². The van der Waals surface area contributed by atoms with E-state index in [1.165, 1.54) is 6.07 Å². The molecule has 0 aromatic carbocycles. The van der Waals surface area contributed by atoms with Gasteiger partial charge in [0.25, 0.3) is 5.24 Å². The van der Waals surface area contributed by atoms with Crippen LogP contribution in [0.4, 0.5) is 13.2 Å². The number of rotatable bonds is 2. The van der Waals surface area contributed by atoms with E-state index in [9.17, 15) is 18.0 Å². The molecule has 0 atom stereocenters. The van der Waals surface area contributed by atoms with Crippen molar-refractivity contribution < 1.29 is 22.7 Å². The highest BCUT2D eigenvalue weighted by Gasteiger charge is 2.31. The number of ether oxygens (including phenoxy) is 1. The summed E-state index contributed by atoms with van der Waals surface area (Å²) in [6, 6.07) is 1.99. The third-order valence-corrected chi connectivity index (χ3v) is 1.40. The second kappa shape index (κ2) is 3.83. The van der Waals surface area contributed by atoms with Crippen LogP contribution in [0.15, 0.2) is 18.3 Å². The molecular weight excluding hydrogens is 223 g/mol. The summed E-state index contributed by atoms with van der Waals surface area (Å²) in [6.07, 6.45) is -3.84. The van der Waals surface area contributed by atoms with Crippen molar-refractivity contribution in [2.75, 3.05) is 0 Å². The highest BCUT2D eigenvalue weighted by molar-refractivity contribution is 6.67. The summed E-state index contributed by atoms with van der Waals surface area (Å²) >= 11 is 5.04. The number of carbonyl (C=O) groups is 1. The van der Waals surface area contributed by atoms with E-state index in [0.29, 0.717) is 0 Å². The minimum Gasteiger partial charge on any atom is -0.388 e. The zero-order valence-electron chi connectivity index (χ0n) is 6.51. The average molecular weight is 226 g/mol.